The third-order valence-corrected chi connectivity index (χ3v) is 3.20. The number of nitrogens with zero attached hydrogens (tertiary/aromatic N) is 2. The van der Waals surface area contributed by atoms with Crippen LogP contribution in [-0.2, 0) is 5.54 Å². The monoisotopic (exact) mass is 239 g/mol. The fraction of sp³-hybridized carbons (Fsp3) is 0.214. The van der Waals surface area contributed by atoms with Crippen LogP contribution in [0.1, 0.15) is 28.9 Å². The summed E-state index contributed by atoms with van der Waals surface area (Å²) in [4.78, 5) is 20.3. The van der Waals surface area contributed by atoms with Gasteiger partial charge in [-0.25, -0.2) is 0 Å². The van der Waals surface area contributed by atoms with Crippen molar-refractivity contribution < 1.29 is 4.79 Å². The highest BCUT2D eigenvalue weighted by molar-refractivity contribution is 5.94. The molecule has 0 bridgehead atoms. The maximum atomic E-state index is 12.1. The quantitative estimate of drug-likeness (QED) is 0.890. The van der Waals surface area contributed by atoms with E-state index in [2.05, 4.69) is 15.3 Å². The molecule has 0 radical (unpaired) electrons. The SMILES string of the molecule is O=C(NC1(c2ccccn2)CC1)c1ccncc1. The average Bonchev–Trinajstić information content (AvgIpc) is 3.22. The van der Waals surface area contributed by atoms with Gasteiger partial charge in [-0.3, -0.25) is 14.8 Å². The summed E-state index contributed by atoms with van der Waals surface area (Å²) in [6.07, 6.45) is 6.89. The summed E-state index contributed by atoms with van der Waals surface area (Å²) in [5, 5.41) is 3.07. The van der Waals surface area contributed by atoms with E-state index in [4.69, 9.17) is 0 Å². The summed E-state index contributed by atoms with van der Waals surface area (Å²) < 4.78 is 0. The van der Waals surface area contributed by atoms with E-state index in [1.807, 2.05) is 18.2 Å². The second-order valence-electron chi connectivity index (χ2n) is 4.49. The molecule has 18 heavy (non-hydrogen) atoms. The number of pyridine rings is 2. The lowest BCUT2D eigenvalue weighted by Crippen LogP contribution is -2.35. The fourth-order valence-electron chi connectivity index (χ4n) is 2.01. The second-order valence-corrected chi connectivity index (χ2v) is 4.49. The molecule has 1 aliphatic carbocycles. The first-order valence-corrected chi connectivity index (χ1v) is 5.94. The van der Waals surface area contributed by atoms with Crippen LogP contribution in [0, 0.1) is 0 Å². The smallest absolute Gasteiger partial charge is 0.252 e. The first-order chi connectivity index (χ1) is 8.80. The summed E-state index contributed by atoms with van der Waals surface area (Å²) in [6, 6.07) is 9.21. The van der Waals surface area contributed by atoms with Crippen LogP contribution in [0.3, 0.4) is 0 Å². The van der Waals surface area contributed by atoms with Gasteiger partial charge in [0.1, 0.15) is 0 Å². The number of carbonyl (C=O) groups excluding carboxylic acids is 1. The van der Waals surface area contributed by atoms with Gasteiger partial charge in [0, 0.05) is 24.2 Å². The van der Waals surface area contributed by atoms with Crippen molar-refractivity contribution in [2.75, 3.05) is 0 Å². The van der Waals surface area contributed by atoms with Gasteiger partial charge in [-0.05, 0) is 37.1 Å². The van der Waals surface area contributed by atoms with E-state index in [9.17, 15) is 4.79 Å². The van der Waals surface area contributed by atoms with Crippen molar-refractivity contribution in [2.45, 2.75) is 18.4 Å². The van der Waals surface area contributed by atoms with E-state index in [-0.39, 0.29) is 11.4 Å². The first-order valence-electron chi connectivity index (χ1n) is 5.94. The number of hydrogen-bond acceptors (Lipinski definition) is 3. The van der Waals surface area contributed by atoms with Crippen LogP contribution in [0.2, 0.25) is 0 Å². The summed E-state index contributed by atoms with van der Waals surface area (Å²) >= 11 is 0. The lowest BCUT2D eigenvalue weighted by Gasteiger charge is -2.16. The summed E-state index contributed by atoms with van der Waals surface area (Å²) in [5.41, 5.74) is 1.31. The van der Waals surface area contributed by atoms with Crippen LogP contribution in [0.15, 0.2) is 48.9 Å². The molecule has 90 valence electrons. The van der Waals surface area contributed by atoms with Crippen LogP contribution in [0.4, 0.5) is 0 Å². The van der Waals surface area contributed by atoms with Gasteiger partial charge in [0.2, 0.25) is 0 Å². The lowest BCUT2D eigenvalue weighted by atomic mass is 10.1. The predicted octanol–water partition coefficient (Wildman–Crippen LogP) is 1.90. The molecule has 0 spiro atoms. The molecular formula is C14H13N3O. The molecular weight excluding hydrogens is 226 g/mol. The summed E-state index contributed by atoms with van der Waals surface area (Å²) in [6.45, 7) is 0. The third kappa shape index (κ3) is 1.97. The number of hydrogen-bond donors (Lipinski definition) is 1. The van der Waals surface area contributed by atoms with Gasteiger partial charge in [0.15, 0.2) is 0 Å². The first kappa shape index (κ1) is 10.9. The Hall–Kier alpha value is -2.23. The zero-order chi connectivity index (χ0) is 12.4. The van der Waals surface area contributed by atoms with E-state index in [1.54, 1.807) is 30.7 Å². The Morgan fingerprint density at radius 3 is 2.50 bits per heavy atom. The Morgan fingerprint density at radius 2 is 1.89 bits per heavy atom. The molecule has 0 atom stereocenters. The van der Waals surface area contributed by atoms with Gasteiger partial charge in [0.05, 0.1) is 11.2 Å². The molecule has 1 fully saturated rings. The third-order valence-electron chi connectivity index (χ3n) is 3.20. The molecule has 2 aromatic rings. The van der Waals surface area contributed by atoms with Crippen molar-refractivity contribution in [3.05, 3.63) is 60.2 Å². The Kier molecular flexibility index (Phi) is 2.55. The van der Waals surface area contributed by atoms with Crippen molar-refractivity contribution in [3.8, 4) is 0 Å². The number of aromatic nitrogens is 2. The Balaban J connectivity index is 1.80. The predicted molar refractivity (Wildman–Crippen MR) is 66.9 cm³/mol. The molecule has 2 heterocycles. The minimum Gasteiger partial charge on any atom is -0.341 e. The van der Waals surface area contributed by atoms with Crippen LogP contribution in [0.25, 0.3) is 0 Å². The lowest BCUT2D eigenvalue weighted by molar-refractivity contribution is 0.0929. The molecule has 0 aliphatic heterocycles. The molecule has 0 saturated heterocycles. The van der Waals surface area contributed by atoms with E-state index < -0.39 is 0 Å². The maximum Gasteiger partial charge on any atom is 0.252 e. The molecule has 1 aliphatic rings. The van der Waals surface area contributed by atoms with Crippen molar-refractivity contribution in [1.82, 2.24) is 15.3 Å². The van der Waals surface area contributed by atoms with Crippen molar-refractivity contribution in [1.29, 1.82) is 0 Å². The summed E-state index contributed by atoms with van der Waals surface area (Å²) in [7, 11) is 0. The fourth-order valence-corrected chi connectivity index (χ4v) is 2.01. The van der Waals surface area contributed by atoms with Crippen LogP contribution >= 0.6 is 0 Å². The van der Waals surface area contributed by atoms with Crippen LogP contribution in [0.5, 0.6) is 0 Å². The second kappa shape index (κ2) is 4.22. The molecule has 4 heteroatoms. The van der Waals surface area contributed by atoms with Gasteiger partial charge in [-0.1, -0.05) is 6.07 Å². The highest BCUT2D eigenvalue weighted by Crippen LogP contribution is 2.44. The molecule has 4 nitrogen and oxygen atoms in total. The minimum atomic E-state index is -0.262. The number of rotatable bonds is 3. The molecule has 3 rings (SSSR count). The minimum absolute atomic E-state index is 0.0689. The molecule has 0 unspecified atom stereocenters. The van der Waals surface area contributed by atoms with Gasteiger partial charge in [-0.15, -0.1) is 0 Å². The summed E-state index contributed by atoms with van der Waals surface area (Å²) in [5.74, 6) is -0.0689. The van der Waals surface area contributed by atoms with Gasteiger partial charge in [-0.2, -0.15) is 0 Å². The van der Waals surface area contributed by atoms with E-state index in [0.717, 1.165) is 18.5 Å². The molecule has 1 saturated carbocycles. The van der Waals surface area contributed by atoms with E-state index in [1.165, 1.54) is 0 Å². The van der Waals surface area contributed by atoms with Crippen molar-refractivity contribution in [2.24, 2.45) is 0 Å². The van der Waals surface area contributed by atoms with Gasteiger partial charge >= 0.3 is 0 Å². The average molecular weight is 239 g/mol. The Labute approximate surface area is 105 Å². The maximum absolute atomic E-state index is 12.1. The standard InChI is InChI=1S/C14H13N3O/c18-13(11-4-9-15-10-5-11)17-14(6-7-14)12-3-1-2-8-16-12/h1-5,8-10H,6-7H2,(H,17,18). The van der Waals surface area contributed by atoms with Crippen LogP contribution < -0.4 is 5.32 Å². The highest BCUT2D eigenvalue weighted by atomic mass is 16.1. The normalized spacial score (nSPS) is 16.0. The van der Waals surface area contributed by atoms with E-state index >= 15 is 0 Å². The number of nitrogens with one attached hydrogen (secondary N) is 1. The van der Waals surface area contributed by atoms with E-state index in [0.29, 0.717) is 5.56 Å². The number of carbonyl (C=O) groups is 1. The number of amides is 1. The zero-order valence-corrected chi connectivity index (χ0v) is 9.84. The Bertz CT molecular complexity index is 550. The molecule has 1 N–H and O–H groups in total. The van der Waals surface area contributed by atoms with Crippen molar-refractivity contribution >= 4 is 5.91 Å². The van der Waals surface area contributed by atoms with Crippen molar-refractivity contribution in [3.63, 3.8) is 0 Å². The van der Waals surface area contributed by atoms with Gasteiger partial charge < -0.3 is 5.32 Å². The molecule has 2 aromatic heterocycles. The zero-order valence-electron chi connectivity index (χ0n) is 9.84. The largest absolute Gasteiger partial charge is 0.341 e. The molecule has 0 aromatic carbocycles. The highest BCUT2D eigenvalue weighted by Gasteiger charge is 2.46. The van der Waals surface area contributed by atoms with Gasteiger partial charge in [0.25, 0.3) is 5.91 Å². The topological polar surface area (TPSA) is 54.9 Å². The van der Waals surface area contributed by atoms with Crippen LogP contribution in [-0.4, -0.2) is 15.9 Å². The molecule has 1 amide bonds. The Morgan fingerprint density at radius 1 is 1.11 bits per heavy atom.